The lowest BCUT2D eigenvalue weighted by atomic mass is 9.89. The van der Waals surface area contributed by atoms with Crippen molar-refractivity contribution in [1.29, 1.82) is 0 Å². The Kier molecular flexibility index (Phi) is 6.45. The van der Waals surface area contributed by atoms with Crippen LogP contribution in [0.1, 0.15) is 47.3 Å². The van der Waals surface area contributed by atoms with Crippen molar-refractivity contribution in [2.75, 3.05) is 6.54 Å². The van der Waals surface area contributed by atoms with Gasteiger partial charge in [-0.2, -0.15) is 0 Å². The van der Waals surface area contributed by atoms with Crippen molar-refractivity contribution in [3.63, 3.8) is 0 Å². The molecule has 0 radical (unpaired) electrons. The highest BCUT2D eigenvalue weighted by atomic mass is 32.2. The van der Waals surface area contributed by atoms with Crippen molar-refractivity contribution < 1.29 is 13.2 Å². The van der Waals surface area contributed by atoms with E-state index in [9.17, 15) is 13.2 Å². The first-order chi connectivity index (χ1) is 12.5. The number of hydrogen-bond donors (Lipinski definition) is 2. The Balaban J connectivity index is 1.55. The third kappa shape index (κ3) is 5.16. The summed E-state index contributed by atoms with van der Waals surface area (Å²) in [6, 6.07) is 9.85. The van der Waals surface area contributed by atoms with E-state index in [0.717, 1.165) is 4.88 Å². The van der Waals surface area contributed by atoms with Crippen LogP contribution in [0.3, 0.4) is 0 Å². The van der Waals surface area contributed by atoms with Crippen LogP contribution in [0.15, 0.2) is 46.7 Å². The molecule has 1 aliphatic carbocycles. The Morgan fingerprint density at radius 1 is 1.08 bits per heavy atom. The largest absolute Gasteiger partial charge is 0.352 e. The van der Waals surface area contributed by atoms with Gasteiger partial charge in [0.1, 0.15) is 0 Å². The van der Waals surface area contributed by atoms with E-state index in [4.69, 9.17) is 0 Å². The first kappa shape index (κ1) is 19.1. The van der Waals surface area contributed by atoms with Gasteiger partial charge < -0.3 is 5.32 Å². The van der Waals surface area contributed by atoms with Crippen LogP contribution in [0.25, 0.3) is 0 Å². The number of thiophene rings is 1. The molecule has 0 spiro atoms. The number of sulfonamides is 1. The fraction of sp³-hybridized carbons (Fsp3) is 0.421. The summed E-state index contributed by atoms with van der Waals surface area (Å²) in [5.41, 5.74) is 0.484. The van der Waals surface area contributed by atoms with Crippen molar-refractivity contribution in [1.82, 2.24) is 10.0 Å². The molecule has 5 nitrogen and oxygen atoms in total. The van der Waals surface area contributed by atoms with Crippen molar-refractivity contribution in [2.24, 2.45) is 5.92 Å². The molecule has 140 valence electrons. The van der Waals surface area contributed by atoms with E-state index >= 15 is 0 Å². The van der Waals surface area contributed by atoms with Crippen molar-refractivity contribution >= 4 is 27.3 Å². The average molecular weight is 393 g/mol. The van der Waals surface area contributed by atoms with E-state index < -0.39 is 10.0 Å². The summed E-state index contributed by atoms with van der Waals surface area (Å²) in [6.07, 6.45) is 6.12. The standard InChI is InChI=1S/C19H24N2O3S2/c22-19(20-13-15-5-2-1-3-6-15)16-8-10-18(11-9-16)26(23,24)21-14-17-7-4-12-25-17/h4,7-12,15,21H,1-3,5-6,13-14H2,(H,20,22). The van der Waals surface area contributed by atoms with Crippen LogP contribution in [0, 0.1) is 5.92 Å². The summed E-state index contributed by atoms with van der Waals surface area (Å²) in [5, 5.41) is 4.88. The normalized spacial score (nSPS) is 15.7. The second kappa shape index (κ2) is 8.79. The molecule has 26 heavy (non-hydrogen) atoms. The highest BCUT2D eigenvalue weighted by Gasteiger charge is 2.17. The van der Waals surface area contributed by atoms with Crippen LogP contribution in [0.5, 0.6) is 0 Å². The Morgan fingerprint density at radius 2 is 1.81 bits per heavy atom. The third-order valence-corrected chi connectivity index (χ3v) is 7.01. The van der Waals surface area contributed by atoms with Crippen LogP contribution in [-0.4, -0.2) is 20.9 Å². The molecular formula is C19H24N2O3S2. The number of benzene rings is 1. The number of carbonyl (C=O) groups is 1. The molecule has 1 aromatic carbocycles. The molecule has 2 aromatic rings. The quantitative estimate of drug-likeness (QED) is 0.757. The topological polar surface area (TPSA) is 75.3 Å². The van der Waals surface area contributed by atoms with Crippen LogP contribution in [0.2, 0.25) is 0 Å². The number of amides is 1. The van der Waals surface area contributed by atoms with Crippen LogP contribution in [-0.2, 0) is 16.6 Å². The first-order valence-electron chi connectivity index (χ1n) is 8.95. The number of hydrogen-bond acceptors (Lipinski definition) is 4. The van der Waals surface area contributed by atoms with Crippen LogP contribution >= 0.6 is 11.3 Å². The Hall–Kier alpha value is -1.70. The van der Waals surface area contributed by atoms with E-state index in [0.29, 0.717) is 18.0 Å². The number of carbonyl (C=O) groups excluding carboxylic acids is 1. The van der Waals surface area contributed by atoms with Gasteiger partial charge in [-0.15, -0.1) is 11.3 Å². The second-order valence-corrected chi connectivity index (χ2v) is 9.44. The minimum Gasteiger partial charge on any atom is -0.352 e. The van der Waals surface area contributed by atoms with Gasteiger partial charge in [0.05, 0.1) is 4.90 Å². The van der Waals surface area contributed by atoms with E-state index in [1.54, 1.807) is 12.1 Å². The minimum atomic E-state index is -3.58. The Bertz CT molecular complexity index is 809. The smallest absolute Gasteiger partial charge is 0.251 e. The predicted molar refractivity (Wildman–Crippen MR) is 104 cm³/mol. The Labute approximate surface area is 158 Å². The lowest BCUT2D eigenvalue weighted by Crippen LogP contribution is -2.30. The van der Waals surface area contributed by atoms with Crippen LogP contribution < -0.4 is 10.0 Å². The van der Waals surface area contributed by atoms with Crippen molar-refractivity contribution in [2.45, 2.75) is 43.5 Å². The molecule has 0 atom stereocenters. The highest BCUT2D eigenvalue weighted by Crippen LogP contribution is 2.23. The zero-order valence-corrected chi connectivity index (χ0v) is 16.2. The lowest BCUT2D eigenvalue weighted by molar-refractivity contribution is 0.0943. The molecular weight excluding hydrogens is 368 g/mol. The van der Waals surface area contributed by atoms with E-state index in [2.05, 4.69) is 10.0 Å². The predicted octanol–water partition coefficient (Wildman–Crippen LogP) is 3.54. The van der Waals surface area contributed by atoms with Gasteiger partial charge in [-0.3, -0.25) is 4.79 Å². The summed E-state index contributed by atoms with van der Waals surface area (Å²) in [7, 11) is -3.58. The zero-order chi connectivity index (χ0) is 18.4. The second-order valence-electron chi connectivity index (χ2n) is 6.64. The fourth-order valence-electron chi connectivity index (χ4n) is 3.18. The SMILES string of the molecule is O=C(NCC1CCCCC1)c1ccc(S(=O)(=O)NCc2cccs2)cc1. The fourth-order valence-corrected chi connectivity index (χ4v) is 4.92. The molecule has 0 bridgehead atoms. The molecule has 1 fully saturated rings. The van der Waals surface area contributed by atoms with Crippen LogP contribution in [0.4, 0.5) is 0 Å². The summed E-state index contributed by atoms with van der Waals surface area (Å²) in [4.78, 5) is 13.4. The molecule has 1 aliphatic rings. The molecule has 1 aromatic heterocycles. The van der Waals surface area contributed by atoms with Gasteiger partial charge >= 0.3 is 0 Å². The van der Waals surface area contributed by atoms with Crippen molar-refractivity contribution in [3.05, 3.63) is 52.2 Å². The molecule has 1 heterocycles. The van der Waals surface area contributed by atoms with E-state index in [-0.39, 0.29) is 17.3 Å². The Morgan fingerprint density at radius 3 is 2.46 bits per heavy atom. The average Bonchev–Trinajstić information content (AvgIpc) is 3.19. The van der Waals surface area contributed by atoms with E-state index in [1.807, 2.05) is 17.5 Å². The van der Waals surface area contributed by atoms with Gasteiger partial charge in [0, 0.05) is 23.5 Å². The van der Waals surface area contributed by atoms with Gasteiger partial charge in [0.2, 0.25) is 10.0 Å². The first-order valence-corrected chi connectivity index (χ1v) is 11.3. The van der Waals surface area contributed by atoms with Gasteiger partial charge in [-0.25, -0.2) is 13.1 Å². The molecule has 2 N–H and O–H groups in total. The monoisotopic (exact) mass is 392 g/mol. The van der Waals surface area contributed by atoms with Crippen molar-refractivity contribution in [3.8, 4) is 0 Å². The van der Waals surface area contributed by atoms with Gasteiger partial charge in [0.15, 0.2) is 0 Å². The maximum Gasteiger partial charge on any atom is 0.251 e. The molecule has 0 unspecified atom stereocenters. The molecule has 7 heteroatoms. The summed E-state index contributed by atoms with van der Waals surface area (Å²) in [5.74, 6) is 0.417. The molecule has 0 aliphatic heterocycles. The van der Waals surface area contributed by atoms with Gasteiger partial charge in [0.25, 0.3) is 5.91 Å². The minimum absolute atomic E-state index is 0.147. The number of nitrogens with one attached hydrogen (secondary N) is 2. The van der Waals surface area contributed by atoms with Gasteiger partial charge in [-0.1, -0.05) is 25.3 Å². The molecule has 1 amide bonds. The number of rotatable bonds is 7. The third-order valence-electron chi connectivity index (χ3n) is 4.72. The zero-order valence-electron chi connectivity index (χ0n) is 14.6. The van der Waals surface area contributed by atoms with Gasteiger partial charge in [-0.05, 0) is 54.5 Å². The summed E-state index contributed by atoms with van der Waals surface area (Å²) in [6.45, 7) is 0.963. The summed E-state index contributed by atoms with van der Waals surface area (Å²) >= 11 is 1.50. The summed E-state index contributed by atoms with van der Waals surface area (Å²) < 4.78 is 27.2. The maximum atomic E-state index is 12.3. The molecule has 3 rings (SSSR count). The van der Waals surface area contributed by atoms with E-state index in [1.165, 1.54) is 55.6 Å². The lowest BCUT2D eigenvalue weighted by Gasteiger charge is -2.21. The maximum absolute atomic E-state index is 12.3. The molecule has 1 saturated carbocycles. The highest BCUT2D eigenvalue weighted by molar-refractivity contribution is 7.89. The molecule has 0 saturated heterocycles.